The van der Waals surface area contributed by atoms with Crippen LogP contribution < -0.4 is 20.1 Å². The van der Waals surface area contributed by atoms with Crippen LogP contribution in [0.1, 0.15) is 23.8 Å². The van der Waals surface area contributed by atoms with E-state index < -0.39 is 0 Å². The summed E-state index contributed by atoms with van der Waals surface area (Å²) in [6.45, 7) is 3.83. The van der Waals surface area contributed by atoms with Crippen LogP contribution in [0.5, 0.6) is 11.5 Å². The van der Waals surface area contributed by atoms with E-state index in [1.807, 2.05) is 19.1 Å². The normalized spacial score (nSPS) is 10.4. The molecule has 8 heteroatoms. The highest BCUT2D eigenvalue weighted by Crippen LogP contribution is 2.32. The third-order valence-electron chi connectivity index (χ3n) is 3.34. The minimum Gasteiger partial charge on any atom is -0.497 e. The molecule has 0 saturated carbocycles. The molecule has 0 unspecified atom stereocenters. The van der Waals surface area contributed by atoms with Gasteiger partial charge in [-0.15, -0.1) is 11.3 Å². The molecule has 1 aromatic carbocycles. The van der Waals surface area contributed by atoms with E-state index in [0.29, 0.717) is 42.1 Å². The number of hydrogen-bond donors (Lipinski definition) is 2. The van der Waals surface area contributed by atoms with E-state index in [-0.39, 0.29) is 5.91 Å². The molecule has 2 aromatic rings. The monoisotopic (exact) mass is 365 g/mol. The summed E-state index contributed by atoms with van der Waals surface area (Å²) in [5.74, 6) is 1.15. The molecular formula is C17H23N3O4S. The van der Waals surface area contributed by atoms with E-state index in [0.717, 1.165) is 12.1 Å². The molecule has 0 atom stereocenters. The van der Waals surface area contributed by atoms with Crippen molar-refractivity contribution in [3.63, 3.8) is 0 Å². The Morgan fingerprint density at radius 1 is 1.28 bits per heavy atom. The molecule has 25 heavy (non-hydrogen) atoms. The number of aromatic nitrogens is 1. The summed E-state index contributed by atoms with van der Waals surface area (Å²) in [6.07, 6.45) is 0.776. The molecule has 2 N–H and O–H groups in total. The zero-order valence-corrected chi connectivity index (χ0v) is 15.4. The summed E-state index contributed by atoms with van der Waals surface area (Å²) in [5.41, 5.74) is 1.14. The Morgan fingerprint density at radius 2 is 2.12 bits per heavy atom. The molecule has 0 aliphatic rings. The van der Waals surface area contributed by atoms with E-state index in [4.69, 9.17) is 14.2 Å². The predicted molar refractivity (Wildman–Crippen MR) is 98.4 cm³/mol. The number of anilines is 2. The Bertz CT molecular complexity index is 690. The first-order valence-electron chi connectivity index (χ1n) is 7.98. The second kappa shape index (κ2) is 9.85. The van der Waals surface area contributed by atoms with Gasteiger partial charge in [0.1, 0.15) is 17.2 Å². The number of carbonyl (C=O) groups is 1. The first-order valence-corrected chi connectivity index (χ1v) is 8.86. The maximum atomic E-state index is 12.1. The Labute approximate surface area is 151 Å². The summed E-state index contributed by atoms with van der Waals surface area (Å²) < 4.78 is 15.8. The Morgan fingerprint density at radius 3 is 2.84 bits per heavy atom. The number of thiazole rings is 1. The Balaban J connectivity index is 1.94. The van der Waals surface area contributed by atoms with Crippen LogP contribution in [0.3, 0.4) is 0 Å². The number of rotatable bonds is 10. The van der Waals surface area contributed by atoms with Gasteiger partial charge in [0.2, 0.25) is 0 Å². The molecule has 0 bridgehead atoms. The number of carbonyl (C=O) groups excluding carboxylic acids is 1. The average molecular weight is 365 g/mol. The smallest absolute Gasteiger partial charge is 0.270 e. The summed E-state index contributed by atoms with van der Waals surface area (Å²) in [7, 11) is 3.19. The van der Waals surface area contributed by atoms with Crippen molar-refractivity contribution in [1.29, 1.82) is 0 Å². The number of ether oxygens (including phenoxy) is 3. The number of nitrogens with zero attached hydrogens (tertiary/aromatic N) is 1. The van der Waals surface area contributed by atoms with Crippen LogP contribution in [0.4, 0.5) is 10.8 Å². The van der Waals surface area contributed by atoms with E-state index in [1.54, 1.807) is 25.7 Å². The topological polar surface area (TPSA) is 81.7 Å². The lowest BCUT2D eigenvalue weighted by molar-refractivity contribution is 0.0940. The molecule has 0 aliphatic carbocycles. The molecule has 7 nitrogen and oxygen atoms in total. The molecule has 0 spiro atoms. The van der Waals surface area contributed by atoms with Crippen molar-refractivity contribution in [3.8, 4) is 11.5 Å². The van der Waals surface area contributed by atoms with Gasteiger partial charge in [0, 0.05) is 31.2 Å². The van der Waals surface area contributed by atoms with Crippen molar-refractivity contribution < 1.29 is 19.0 Å². The van der Waals surface area contributed by atoms with Gasteiger partial charge in [-0.3, -0.25) is 4.79 Å². The molecular weight excluding hydrogens is 342 g/mol. The van der Waals surface area contributed by atoms with Crippen LogP contribution in [-0.4, -0.2) is 44.9 Å². The lowest BCUT2D eigenvalue weighted by Gasteiger charge is -2.10. The van der Waals surface area contributed by atoms with E-state index >= 15 is 0 Å². The second-order valence-corrected chi connectivity index (χ2v) is 5.89. The van der Waals surface area contributed by atoms with Gasteiger partial charge in [0.05, 0.1) is 19.9 Å². The summed E-state index contributed by atoms with van der Waals surface area (Å²) >= 11 is 1.35. The second-order valence-electron chi connectivity index (χ2n) is 5.04. The van der Waals surface area contributed by atoms with E-state index in [2.05, 4.69) is 15.6 Å². The number of nitrogens with one attached hydrogen (secondary N) is 2. The van der Waals surface area contributed by atoms with Gasteiger partial charge in [-0.25, -0.2) is 4.98 Å². The SMILES string of the molecule is CCOCCCNC(=O)c1csc(Nc2ccc(OC)cc2OC)n1. The molecule has 2 rings (SSSR count). The van der Waals surface area contributed by atoms with Crippen molar-refractivity contribution >= 4 is 28.1 Å². The number of benzene rings is 1. The minimum absolute atomic E-state index is 0.192. The molecule has 0 saturated heterocycles. The molecule has 1 heterocycles. The fraction of sp³-hybridized carbons (Fsp3) is 0.412. The first kappa shape index (κ1) is 19.0. The number of hydrogen-bond acceptors (Lipinski definition) is 7. The highest BCUT2D eigenvalue weighted by molar-refractivity contribution is 7.14. The van der Waals surface area contributed by atoms with Crippen molar-refractivity contribution in [2.75, 3.05) is 39.3 Å². The maximum absolute atomic E-state index is 12.1. The molecule has 0 radical (unpaired) electrons. The highest BCUT2D eigenvalue weighted by atomic mass is 32.1. The van der Waals surface area contributed by atoms with Crippen molar-refractivity contribution in [2.45, 2.75) is 13.3 Å². The predicted octanol–water partition coefficient (Wildman–Crippen LogP) is 3.06. The van der Waals surface area contributed by atoms with Gasteiger partial charge in [-0.05, 0) is 25.5 Å². The van der Waals surface area contributed by atoms with Gasteiger partial charge in [-0.1, -0.05) is 0 Å². The van der Waals surface area contributed by atoms with Crippen molar-refractivity contribution in [3.05, 3.63) is 29.3 Å². The van der Waals surface area contributed by atoms with Gasteiger partial charge in [0.25, 0.3) is 5.91 Å². The first-order chi connectivity index (χ1) is 12.2. The fourth-order valence-electron chi connectivity index (χ4n) is 2.06. The third-order valence-corrected chi connectivity index (χ3v) is 4.10. The molecule has 136 valence electrons. The lowest BCUT2D eigenvalue weighted by atomic mass is 10.3. The number of amides is 1. The molecule has 1 aromatic heterocycles. The van der Waals surface area contributed by atoms with Gasteiger partial charge >= 0.3 is 0 Å². The molecule has 0 fully saturated rings. The van der Waals surface area contributed by atoms with Crippen LogP contribution in [0, 0.1) is 0 Å². The van der Waals surface area contributed by atoms with Gasteiger partial charge in [0.15, 0.2) is 5.13 Å². The number of methoxy groups -OCH3 is 2. The van der Waals surface area contributed by atoms with Crippen molar-refractivity contribution in [1.82, 2.24) is 10.3 Å². The minimum atomic E-state index is -0.192. The summed E-state index contributed by atoms with van der Waals surface area (Å²) in [4.78, 5) is 16.4. The van der Waals surface area contributed by atoms with E-state index in [1.165, 1.54) is 11.3 Å². The fourth-order valence-corrected chi connectivity index (χ4v) is 2.77. The van der Waals surface area contributed by atoms with Crippen molar-refractivity contribution in [2.24, 2.45) is 0 Å². The Kier molecular flexibility index (Phi) is 7.49. The third kappa shape index (κ3) is 5.61. The molecule has 0 aliphatic heterocycles. The quantitative estimate of drug-likeness (QED) is 0.630. The van der Waals surface area contributed by atoms with Crippen LogP contribution in [0.15, 0.2) is 23.6 Å². The molecule has 1 amide bonds. The maximum Gasteiger partial charge on any atom is 0.270 e. The van der Waals surface area contributed by atoms with E-state index in [9.17, 15) is 4.79 Å². The average Bonchev–Trinajstić information content (AvgIpc) is 3.10. The summed E-state index contributed by atoms with van der Waals surface area (Å²) in [5, 5.41) is 8.32. The van der Waals surface area contributed by atoms with Gasteiger partial charge < -0.3 is 24.8 Å². The highest BCUT2D eigenvalue weighted by Gasteiger charge is 2.12. The lowest BCUT2D eigenvalue weighted by Crippen LogP contribution is -2.25. The van der Waals surface area contributed by atoms with Crippen LogP contribution in [0.25, 0.3) is 0 Å². The van der Waals surface area contributed by atoms with Crippen LogP contribution >= 0.6 is 11.3 Å². The van der Waals surface area contributed by atoms with Gasteiger partial charge in [-0.2, -0.15) is 0 Å². The summed E-state index contributed by atoms with van der Waals surface area (Å²) in [6, 6.07) is 5.44. The largest absolute Gasteiger partial charge is 0.497 e. The zero-order chi connectivity index (χ0) is 18.1. The van der Waals surface area contributed by atoms with Crippen LogP contribution in [-0.2, 0) is 4.74 Å². The zero-order valence-electron chi connectivity index (χ0n) is 14.6. The Hall–Kier alpha value is -2.32. The standard InChI is InChI=1S/C17H23N3O4S/c1-4-24-9-5-8-18-16(21)14-11-25-17(20-14)19-13-7-6-12(22-2)10-15(13)23-3/h6-7,10-11H,4-5,8-9H2,1-3H3,(H,18,21)(H,19,20). The van der Waals surface area contributed by atoms with Crippen LogP contribution in [0.2, 0.25) is 0 Å².